The number of likely N-dealkylation sites (N-methyl/N-ethyl adjacent to an activating group) is 1. The van der Waals surface area contributed by atoms with E-state index in [1.165, 1.54) is 78.2 Å². The van der Waals surface area contributed by atoms with Crippen LogP contribution in [0.2, 0.25) is 0 Å². The number of fused-ring (bicyclic) bond motifs is 4. The molecule has 2 atom stereocenters. The van der Waals surface area contributed by atoms with Crippen LogP contribution in [-0.2, 0) is 0 Å². The van der Waals surface area contributed by atoms with Crippen molar-refractivity contribution in [3.63, 3.8) is 0 Å². The van der Waals surface area contributed by atoms with Gasteiger partial charge in [-0.15, -0.1) is 0 Å². The minimum Gasteiger partial charge on any atom is -0.315 e. The van der Waals surface area contributed by atoms with Crippen molar-refractivity contribution in [2.24, 2.45) is 0 Å². The SMILES string of the molecule is CN1CCCN2CCCN(CCCNCC2)CC1. The van der Waals surface area contributed by atoms with E-state index in [-0.39, 0.29) is 0 Å². The molecule has 2 fully saturated rings. The van der Waals surface area contributed by atoms with Crippen molar-refractivity contribution in [1.29, 1.82) is 0 Å². The van der Waals surface area contributed by atoms with Crippen LogP contribution in [0.15, 0.2) is 0 Å². The first-order valence-corrected chi connectivity index (χ1v) is 7.68. The fraction of sp³-hybridized carbons (Fsp3) is 1.00. The van der Waals surface area contributed by atoms with Crippen molar-refractivity contribution in [1.82, 2.24) is 20.0 Å². The summed E-state index contributed by atoms with van der Waals surface area (Å²) in [6.07, 6.45) is 3.95. The molecule has 4 heteroatoms. The Morgan fingerprint density at radius 3 is 2.11 bits per heavy atom. The van der Waals surface area contributed by atoms with Gasteiger partial charge in [-0.25, -0.2) is 0 Å². The highest BCUT2D eigenvalue weighted by atomic mass is 15.2. The van der Waals surface area contributed by atoms with Crippen molar-refractivity contribution in [3.8, 4) is 0 Å². The zero-order valence-corrected chi connectivity index (χ0v) is 12.0. The van der Waals surface area contributed by atoms with Gasteiger partial charge in [-0.3, -0.25) is 0 Å². The van der Waals surface area contributed by atoms with E-state index in [0.29, 0.717) is 0 Å². The molecule has 4 nitrogen and oxygen atoms in total. The Kier molecular flexibility index (Phi) is 6.41. The second kappa shape index (κ2) is 8.10. The molecule has 1 N–H and O–H groups in total. The first-order valence-electron chi connectivity index (χ1n) is 7.68. The molecule has 0 aliphatic carbocycles. The van der Waals surface area contributed by atoms with Gasteiger partial charge in [-0.2, -0.15) is 0 Å². The van der Waals surface area contributed by atoms with Crippen molar-refractivity contribution in [3.05, 3.63) is 0 Å². The van der Waals surface area contributed by atoms with E-state index in [4.69, 9.17) is 0 Å². The highest BCUT2D eigenvalue weighted by Crippen LogP contribution is 2.03. The van der Waals surface area contributed by atoms with Crippen LogP contribution in [0, 0.1) is 0 Å². The lowest BCUT2D eigenvalue weighted by molar-refractivity contribution is 0.224. The second-order valence-corrected chi connectivity index (χ2v) is 5.80. The summed E-state index contributed by atoms with van der Waals surface area (Å²) in [7, 11) is 2.27. The maximum Gasteiger partial charge on any atom is 0.0109 e. The summed E-state index contributed by atoms with van der Waals surface area (Å²) in [6.45, 7) is 12.4. The summed E-state index contributed by atoms with van der Waals surface area (Å²) >= 11 is 0. The normalized spacial score (nSPS) is 33.8. The quantitative estimate of drug-likeness (QED) is 0.671. The summed E-state index contributed by atoms with van der Waals surface area (Å²) < 4.78 is 0. The first kappa shape index (κ1) is 14.3. The third kappa shape index (κ3) is 5.22. The molecule has 2 bridgehead atoms. The van der Waals surface area contributed by atoms with Crippen LogP contribution >= 0.6 is 0 Å². The van der Waals surface area contributed by atoms with Gasteiger partial charge < -0.3 is 20.0 Å². The molecule has 2 unspecified atom stereocenters. The number of rotatable bonds is 0. The van der Waals surface area contributed by atoms with Crippen LogP contribution in [0.1, 0.15) is 19.3 Å². The molecule has 2 rings (SSSR count). The lowest BCUT2D eigenvalue weighted by atomic mass is 10.3. The van der Waals surface area contributed by atoms with Crippen LogP contribution in [0.3, 0.4) is 0 Å². The summed E-state index contributed by atoms with van der Waals surface area (Å²) in [4.78, 5) is 7.81. The largest absolute Gasteiger partial charge is 0.315 e. The number of hydrogen-bond donors (Lipinski definition) is 1. The molecular weight excluding hydrogens is 224 g/mol. The highest BCUT2D eigenvalue weighted by Gasteiger charge is 2.12. The van der Waals surface area contributed by atoms with Gasteiger partial charge in [0.15, 0.2) is 0 Å². The molecule has 0 amide bonds. The molecule has 18 heavy (non-hydrogen) atoms. The monoisotopic (exact) mass is 254 g/mol. The Morgan fingerprint density at radius 2 is 1.28 bits per heavy atom. The van der Waals surface area contributed by atoms with E-state index in [0.717, 1.165) is 6.54 Å². The van der Waals surface area contributed by atoms with Crippen LogP contribution in [-0.4, -0.2) is 87.2 Å². The summed E-state index contributed by atoms with van der Waals surface area (Å²) in [6, 6.07) is 0. The van der Waals surface area contributed by atoms with E-state index in [1.54, 1.807) is 0 Å². The average Bonchev–Trinajstić information content (AvgIpc) is 2.44. The van der Waals surface area contributed by atoms with Crippen LogP contribution in [0.5, 0.6) is 0 Å². The van der Waals surface area contributed by atoms with Crippen molar-refractivity contribution in [2.45, 2.75) is 19.3 Å². The fourth-order valence-corrected chi connectivity index (χ4v) is 2.97. The first-order chi connectivity index (χ1) is 8.84. The predicted molar refractivity (Wildman–Crippen MR) is 77.1 cm³/mol. The predicted octanol–water partition coefficient (Wildman–Crippen LogP) is 0.309. The van der Waals surface area contributed by atoms with E-state index >= 15 is 0 Å². The molecule has 2 aliphatic heterocycles. The number of hydrogen-bond acceptors (Lipinski definition) is 4. The maximum absolute atomic E-state index is 3.58. The summed E-state index contributed by atoms with van der Waals surface area (Å²) in [5.41, 5.74) is 0. The van der Waals surface area contributed by atoms with E-state index in [2.05, 4.69) is 27.1 Å². The van der Waals surface area contributed by atoms with Gasteiger partial charge in [0.1, 0.15) is 0 Å². The second-order valence-electron chi connectivity index (χ2n) is 5.80. The molecule has 2 heterocycles. The zero-order chi connectivity index (χ0) is 12.6. The summed E-state index contributed by atoms with van der Waals surface area (Å²) in [5.74, 6) is 0. The van der Waals surface area contributed by atoms with Gasteiger partial charge >= 0.3 is 0 Å². The fourth-order valence-electron chi connectivity index (χ4n) is 2.97. The average molecular weight is 254 g/mol. The molecule has 0 spiro atoms. The summed E-state index contributed by atoms with van der Waals surface area (Å²) in [5, 5.41) is 3.58. The minimum atomic E-state index is 1.16. The standard InChI is InChI=1S/C14H30N4/c1-16-7-3-9-17-10-4-11-18(14-13-16)8-2-5-15-6-12-17/h15H,2-14H2,1H3. The van der Waals surface area contributed by atoms with Gasteiger partial charge in [0.2, 0.25) is 0 Å². The van der Waals surface area contributed by atoms with E-state index in [1.807, 2.05) is 0 Å². The van der Waals surface area contributed by atoms with Gasteiger partial charge in [0, 0.05) is 26.2 Å². The van der Waals surface area contributed by atoms with Gasteiger partial charge in [0.05, 0.1) is 0 Å². The van der Waals surface area contributed by atoms with Crippen LogP contribution in [0.25, 0.3) is 0 Å². The lowest BCUT2D eigenvalue weighted by Crippen LogP contribution is -2.36. The molecular formula is C14H30N4. The topological polar surface area (TPSA) is 21.8 Å². The van der Waals surface area contributed by atoms with Crippen LogP contribution in [0.4, 0.5) is 0 Å². The third-order valence-electron chi connectivity index (χ3n) is 4.19. The Balaban J connectivity index is 1.94. The smallest absolute Gasteiger partial charge is 0.0109 e. The zero-order valence-electron chi connectivity index (χ0n) is 12.0. The molecule has 2 saturated heterocycles. The molecule has 0 radical (unpaired) electrons. The Morgan fingerprint density at radius 1 is 0.611 bits per heavy atom. The van der Waals surface area contributed by atoms with Crippen molar-refractivity contribution < 1.29 is 0 Å². The molecule has 2 aliphatic rings. The molecule has 0 aromatic heterocycles. The van der Waals surface area contributed by atoms with Crippen LogP contribution < -0.4 is 5.32 Å². The molecule has 0 aromatic carbocycles. The Labute approximate surface area is 112 Å². The molecule has 0 aromatic rings. The minimum absolute atomic E-state index is 1.16. The van der Waals surface area contributed by atoms with Crippen molar-refractivity contribution in [2.75, 3.05) is 72.5 Å². The Bertz CT molecular complexity index is 222. The van der Waals surface area contributed by atoms with E-state index < -0.39 is 0 Å². The number of nitrogens with zero attached hydrogens (tertiary/aromatic N) is 3. The van der Waals surface area contributed by atoms with Gasteiger partial charge in [-0.05, 0) is 65.6 Å². The highest BCUT2D eigenvalue weighted by molar-refractivity contribution is 4.70. The van der Waals surface area contributed by atoms with Gasteiger partial charge in [0.25, 0.3) is 0 Å². The molecule has 0 saturated carbocycles. The molecule has 106 valence electrons. The maximum atomic E-state index is 3.58. The third-order valence-corrected chi connectivity index (χ3v) is 4.19. The van der Waals surface area contributed by atoms with Crippen molar-refractivity contribution >= 4 is 0 Å². The lowest BCUT2D eigenvalue weighted by Gasteiger charge is -2.24. The van der Waals surface area contributed by atoms with E-state index in [9.17, 15) is 0 Å². The van der Waals surface area contributed by atoms with Gasteiger partial charge in [-0.1, -0.05) is 0 Å². The number of nitrogens with one attached hydrogen (secondary N) is 1. The Hall–Kier alpha value is -0.160.